The Labute approximate surface area is 194 Å². The first-order valence-electron chi connectivity index (χ1n) is 10.2. The van der Waals surface area contributed by atoms with Crippen LogP contribution in [0.1, 0.15) is 24.4 Å². The second-order valence-corrected chi connectivity index (χ2v) is 7.34. The lowest BCUT2D eigenvalue weighted by Gasteiger charge is -2.34. The number of halogens is 1. The number of piperidine rings is 1. The van der Waals surface area contributed by atoms with Crippen LogP contribution >= 0.6 is 24.0 Å². The summed E-state index contributed by atoms with van der Waals surface area (Å²) in [5, 5.41) is 15.4. The maximum atomic E-state index is 4.64. The van der Waals surface area contributed by atoms with Gasteiger partial charge in [0, 0.05) is 51.0 Å². The number of aryl methyl sites for hydroxylation is 1. The monoisotopic (exact) mass is 520 g/mol. The van der Waals surface area contributed by atoms with E-state index < -0.39 is 0 Å². The van der Waals surface area contributed by atoms with E-state index in [1.54, 1.807) is 0 Å². The standard InChI is InChI=1S/C21H28N8.HI/c1-16-6-5-8-18(24-16)28-14-10-17(11-15-28)25-21(22-2)23-12-9-20-27-26-19-7-3-4-13-29(19)20;/h3-8,13,17H,9-12,14-15H2,1-2H3,(H2,22,23,25);1H. The van der Waals surface area contributed by atoms with Crippen LogP contribution in [0.15, 0.2) is 47.6 Å². The Morgan fingerprint density at radius 2 is 1.97 bits per heavy atom. The first-order valence-corrected chi connectivity index (χ1v) is 10.2. The normalized spacial score (nSPS) is 15.1. The number of anilines is 1. The van der Waals surface area contributed by atoms with Crippen LogP contribution in [0.25, 0.3) is 5.65 Å². The summed E-state index contributed by atoms with van der Waals surface area (Å²) in [7, 11) is 1.81. The summed E-state index contributed by atoms with van der Waals surface area (Å²) in [5.41, 5.74) is 1.94. The quantitative estimate of drug-likeness (QED) is 0.306. The van der Waals surface area contributed by atoms with Crippen molar-refractivity contribution < 1.29 is 0 Å². The molecule has 0 spiro atoms. The molecular weight excluding hydrogens is 491 g/mol. The topological polar surface area (TPSA) is 82.7 Å². The van der Waals surface area contributed by atoms with Gasteiger partial charge in [0.2, 0.25) is 0 Å². The Morgan fingerprint density at radius 1 is 1.13 bits per heavy atom. The van der Waals surface area contributed by atoms with Crippen molar-refractivity contribution in [2.45, 2.75) is 32.2 Å². The van der Waals surface area contributed by atoms with Gasteiger partial charge in [0.15, 0.2) is 11.6 Å². The van der Waals surface area contributed by atoms with Gasteiger partial charge < -0.3 is 15.5 Å². The molecule has 3 aromatic rings. The molecule has 1 fully saturated rings. The SMILES string of the molecule is CN=C(NCCc1nnc2ccccn12)NC1CCN(c2cccc(C)n2)CC1.I. The summed E-state index contributed by atoms with van der Waals surface area (Å²) in [6.45, 7) is 4.78. The molecule has 2 N–H and O–H groups in total. The number of aromatic nitrogens is 4. The fourth-order valence-electron chi connectivity index (χ4n) is 3.70. The molecule has 160 valence electrons. The zero-order chi connectivity index (χ0) is 20.1. The van der Waals surface area contributed by atoms with Crippen LogP contribution in [0.3, 0.4) is 0 Å². The molecular formula is C21H29IN8. The average molecular weight is 520 g/mol. The number of pyridine rings is 2. The van der Waals surface area contributed by atoms with Gasteiger partial charge in [-0.05, 0) is 44.0 Å². The van der Waals surface area contributed by atoms with Gasteiger partial charge in [-0.3, -0.25) is 9.39 Å². The predicted molar refractivity (Wildman–Crippen MR) is 131 cm³/mol. The Morgan fingerprint density at radius 3 is 2.73 bits per heavy atom. The lowest BCUT2D eigenvalue weighted by atomic mass is 10.1. The van der Waals surface area contributed by atoms with E-state index in [2.05, 4.69) is 47.8 Å². The van der Waals surface area contributed by atoms with Crippen molar-refractivity contribution in [2.75, 3.05) is 31.6 Å². The average Bonchev–Trinajstić information content (AvgIpc) is 3.17. The van der Waals surface area contributed by atoms with Gasteiger partial charge in [0.05, 0.1) is 0 Å². The molecule has 30 heavy (non-hydrogen) atoms. The number of rotatable bonds is 5. The first-order chi connectivity index (χ1) is 14.2. The van der Waals surface area contributed by atoms with E-state index in [4.69, 9.17) is 0 Å². The zero-order valence-corrected chi connectivity index (χ0v) is 19.8. The number of nitrogens with one attached hydrogen (secondary N) is 2. The first kappa shape index (κ1) is 22.3. The molecule has 0 radical (unpaired) electrons. The maximum absolute atomic E-state index is 4.64. The predicted octanol–water partition coefficient (Wildman–Crippen LogP) is 2.43. The largest absolute Gasteiger partial charge is 0.356 e. The fraction of sp³-hybridized carbons (Fsp3) is 0.429. The summed E-state index contributed by atoms with van der Waals surface area (Å²) < 4.78 is 2.02. The number of hydrogen-bond acceptors (Lipinski definition) is 5. The minimum absolute atomic E-state index is 0. The summed E-state index contributed by atoms with van der Waals surface area (Å²) in [6.07, 6.45) is 4.90. The van der Waals surface area contributed by atoms with Crippen molar-refractivity contribution in [3.63, 3.8) is 0 Å². The molecule has 8 nitrogen and oxygen atoms in total. The van der Waals surface area contributed by atoms with Crippen molar-refractivity contribution in [2.24, 2.45) is 4.99 Å². The third kappa shape index (κ3) is 5.38. The summed E-state index contributed by atoms with van der Waals surface area (Å²) in [5.74, 6) is 2.86. The third-order valence-corrected chi connectivity index (χ3v) is 5.28. The van der Waals surface area contributed by atoms with Crippen molar-refractivity contribution in [3.8, 4) is 0 Å². The second-order valence-electron chi connectivity index (χ2n) is 7.34. The molecule has 0 unspecified atom stereocenters. The highest BCUT2D eigenvalue weighted by Crippen LogP contribution is 2.18. The maximum Gasteiger partial charge on any atom is 0.191 e. The van der Waals surface area contributed by atoms with Crippen LogP contribution in [0.4, 0.5) is 5.82 Å². The Kier molecular flexibility index (Phi) is 7.83. The van der Waals surface area contributed by atoms with Gasteiger partial charge in [-0.15, -0.1) is 34.2 Å². The van der Waals surface area contributed by atoms with E-state index in [9.17, 15) is 0 Å². The smallest absolute Gasteiger partial charge is 0.191 e. The molecule has 0 bridgehead atoms. The molecule has 0 aromatic carbocycles. The number of hydrogen-bond donors (Lipinski definition) is 2. The Bertz CT molecular complexity index is 978. The molecule has 1 saturated heterocycles. The Balaban J connectivity index is 0.00000256. The van der Waals surface area contributed by atoms with Crippen LogP contribution in [0.5, 0.6) is 0 Å². The molecule has 0 atom stereocenters. The fourth-order valence-corrected chi connectivity index (χ4v) is 3.70. The van der Waals surface area contributed by atoms with Crippen LogP contribution in [-0.4, -0.2) is 58.3 Å². The van der Waals surface area contributed by atoms with Crippen molar-refractivity contribution >= 4 is 41.4 Å². The van der Waals surface area contributed by atoms with Gasteiger partial charge >= 0.3 is 0 Å². The van der Waals surface area contributed by atoms with E-state index in [1.807, 2.05) is 48.8 Å². The van der Waals surface area contributed by atoms with Crippen molar-refractivity contribution in [3.05, 3.63) is 54.1 Å². The van der Waals surface area contributed by atoms with Crippen LogP contribution in [0, 0.1) is 6.92 Å². The molecule has 4 rings (SSSR count). The van der Waals surface area contributed by atoms with E-state index in [0.717, 1.165) is 67.8 Å². The lowest BCUT2D eigenvalue weighted by Crippen LogP contribution is -2.49. The van der Waals surface area contributed by atoms with E-state index in [1.165, 1.54) is 0 Å². The summed E-state index contributed by atoms with van der Waals surface area (Å²) in [6, 6.07) is 12.5. The summed E-state index contributed by atoms with van der Waals surface area (Å²) >= 11 is 0. The molecule has 0 amide bonds. The van der Waals surface area contributed by atoms with E-state index in [-0.39, 0.29) is 24.0 Å². The number of guanidine groups is 1. The Hall–Kier alpha value is -2.43. The van der Waals surface area contributed by atoms with Crippen LogP contribution < -0.4 is 15.5 Å². The van der Waals surface area contributed by atoms with Crippen LogP contribution in [-0.2, 0) is 6.42 Å². The highest BCUT2D eigenvalue weighted by molar-refractivity contribution is 14.0. The number of fused-ring (bicyclic) bond motifs is 1. The molecule has 9 heteroatoms. The number of nitrogens with zero attached hydrogens (tertiary/aromatic N) is 6. The van der Waals surface area contributed by atoms with E-state index in [0.29, 0.717) is 6.04 Å². The van der Waals surface area contributed by atoms with Gasteiger partial charge in [0.1, 0.15) is 11.6 Å². The van der Waals surface area contributed by atoms with Crippen molar-refractivity contribution in [1.82, 2.24) is 30.2 Å². The van der Waals surface area contributed by atoms with Gasteiger partial charge in [0.25, 0.3) is 0 Å². The zero-order valence-electron chi connectivity index (χ0n) is 17.5. The van der Waals surface area contributed by atoms with Gasteiger partial charge in [-0.1, -0.05) is 12.1 Å². The molecule has 3 aromatic heterocycles. The molecule has 0 saturated carbocycles. The van der Waals surface area contributed by atoms with E-state index >= 15 is 0 Å². The number of aliphatic imine (C=N–C) groups is 1. The summed E-state index contributed by atoms with van der Waals surface area (Å²) in [4.78, 5) is 11.4. The van der Waals surface area contributed by atoms with Crippen LogP contribution in [0.2, 0.25) is 0 Å². The lowest BCUT2D eigenvalue weighted by molar-refractivity contribution is 0.459. The van der Waals surface area contributed by atoms with Crippen molar-refractivity contribution in [1.29, 1.82) is 0 Å². The van der Waals surface area contributed by atoms with Gasteiger partial charge in [-0.2, -0.15) is 0 Å². The minimum atomic E-state index is 0. The third-order valence-electron chi connectivity index (χ3n) is 5.28. The molecule has 0 aliphatic carbocycles. The second kappa shape index (κ2) is 10.6. The minimum Gasteiger partial charge on any atom is -0.356 e. The highest BCUT2D eigenvalue weighted by Gasteiger charge is 2.21. The molecule has 1 aliphatic rings. The molecule has 4 heterocycles. The van der Waals surface area contributed by atoms with Gasteiger partial charge in [-0.25, -0.2) is 4.98 Å². The highest BCUT2D eigenvalue weighted by atomic mass is 127. The molecule has 1 aliphatic heterocycles.